The van der Waals surface area contributed by atoms with Gasteiger partial charge in [0, 0.05) is 27.1 Å². The van der Waals surface area contributed by atoms with Crippen LogP contribution < -0.4 is 0 Å². The maximum absolute atomic E-state index is 6.06. The zero-order valence-electron chi connectivity index (χ0n) is 12.7. The number of para-hydroxylation sites is 2. The summed E-state index contributed by atoms with van der Waals surface area (Å²) < 4.78 is 6.06. The topological polar surface area (TPSA) is 28.9 Å². The minimum atomic E-state index is 0.939. The number of rotatable bonds is 0. The van der Waals surface area contributed by atoms with E-state index in [4.69, 9.17) is 4.42 Å². The first-order valence-corrected chi connectivity index (χ1v) is 7.72. The molecule has 22 heavy (non-hydrogen) atoms. The number of aromatic amines is 1. The molecule has 2 heteroatoms. The Morgan fingerprint density at radius 1 is 0.682 bits per heavy atom. The number of H-pyrrole nitrogens is 1. The molecule has 0 amide bonds. The average Bonchev–Trinajstić information content (AvgIpc) is 3.15. The highest BCUT2D eigenvalue weighted by molar-refractivity contribution is 6.20. The number of furan rings is 1. The molecular weight excluding hydrogens is 270 g/mol. The highest BCUT2D eigenvalue weighted by atomic mass is 16.3. The predicted octanol–water partition coefficient (Wildman–Crippen LogP) is 6.25. The van der Waals surface area contributed by atoms with Crippen molar-refractivity contribution >= 4 is 43.7 Å². The molecule has 3 aromatic carbocycles. The Morgan fingerprint density at radius 2 is 1.36 bits per heavy atom. The monoisotopic (exact) mass is 287 g/mol. The van der Waals surface area contributed by atoms with Crippen molar-refractivity contribution in [2.24, 2.45) is 0 Å². The zero-order valence-corrected chi connectivity index (χ0v) is 12.7. The van der Waals surface area contributed by atoms with Crippen LogP contribution in [0, 0.1) is 0 Å². The van der Waals surface area contributed by atoms with Crippen LogP contribution in [0.5, 0.6) is 0 Å². The van der Waals surface area contributed by atoms with Gasteiger partial charge in [-0.3, -0.25) is 0 Å². The van der Waals surface area contributed by atoms with Crippen LogP contribution in [0.3, 0.4) is 0 Å². The molecule has 2 aromatic heterocycles. The molecule has 1 N–H and O–H groups in total. The second-order valence-corrected chi connectivity index (χ2v) is 5.13. The van der Waals surface area contributed by atoms with E-state index < -0.39 is 0 Å². The number of aromatic nitrogens is 1. The van der Waals surface area contributed by atoms with E-state index >= 15 is 0 Å². The van der Waals surface area contributed by atoms with Crippen molar-refractivity contribution in [2.75, 3.05) is 0 Å². The van der Waals surface area contributed by atoms with Crippen molar-refractivity contribution in [3.63, 3.8) is 0 Å². The molecular formula is C20H17NO. The number of hydrogen-bond acceptors (Lipinski definition) is 1. The van der Waals surface area contributed by atoms with Crippen LogP contribution in [-0.4, -0.2) is 4.98 Å². The van der Waals surface area contributed by atoms with Crippen molar-refractivity contribution in [1.82, 2.24) is 4.98 Å². The van der Waals surface area contributed by atoms with Crippen LogP contribution in [0.4, 0.5) is 0 Å². The summed E-state index contributed by atoms with van der Waals surface area (Å²) in [6.45, 7) is 4.00. The van der Waals surface area contributed by atoms with Crippen LogP contribution in [0.1, 0.15) is 13.8 Å². The molecule has 0 bridgehead atoms. The normalized spacial score (nSPS) is 11.2. The third-order valence-electron chi connectivity index (χ3n) is 4.02. The van der Waals surface area contributed by atoms with Gasteiger partial charge in [0.25, 0.3) is 0 Å². The molecule has 0 saturated heterocycles. The first-order valence-electron chi connectivity index (χ1n) is 7.72. The van der Waals surface area contributed by atoms with Crippen LogP contribution in [0.15, 0.2) is 65.1 Å². The van der Waals surface area contributed by atoms with Crippen molar-refractivity contribution in [2.45, 2.75) is 13.8 Å². The summed E-state index contributed by atoms with van der Waals surface area (Å²) in [5, 5.41) is 4.79. The first kappa shape index (κ1) is 13.0. The lowest BCUT2D eigenvalue weighted by molar-refractivity contribution is 0.672. The second-order valence-electron chi connectivity index (χ2n) is 5.13. The van der Waals surface area contributed by atoms with Crippen molar-refractivity contribution in [1.29, 1.82) is 0 Å². The fraction of sp³-hybridized carbons (Fsp3) is 0.100. The highest BCUT2D eigenvalue weighted by Crippen LogP contribution is 2.36. The number of nitrogens with one attached hydrogen (secondary N) is 1. The largest absolute Gasteiger partial charge is 0.454 e. The molecule has 0 fully saturated rings. The molecule has 2 nitrogen and oxygen atoms in total. The van der Waals surface area contributed by atoms with E-state index in [-0.39, 0.29) is 0 Å². The van der Waals surface area contributed by atoms with Gasteiger partial charge in [-0.05, 0) is 18.2 Å². The van der Waals surface area contributed by atoms with Gasteiger partial charge < -0.3 is 9.40 Å². The first-order chi connectivity index (χ1) is 10.9. The van der Waals surface area contributed by atoms with E-state index in [1.807, 2.05) is 38.1 Å². The quantitative estimate of drug-likeness (QED) is 0.358. The lowest BCUT2D eigenvalue weighted by Gasteiger charge is -1.92. The predicted molar refractivity (Wildman–Crippen MR) is 94.4 cm³/mol. The molecule has 0 atom stereocenters. The fourth-order valence-electron chi connectivity index (χ4n) is 3.10. The zero-order chi connectivity index (χ0) is 15.1. The van der Waals surface area contributed by atoms with Gasteiger partial charge in [-0.2, -0.15) is 0 Å². The molecule has 0 aliphatic carbocycles. The Balaban J connectivity index is 0.000000602. The molecule has 108 valence electrons. The van der Waals surface area contributed by atoms with Crippen molar-refractivity contribution in [3.8, 4) is 0 Å². The van der Waals surface area contributed by atoms with Gasteiger partial charge in [-0.15, -0.1) is 0 Å². The van der Waals surface area contributed by atoms with Gasteiger partial charge >= 0.3 is 0 Å². The summed E-state index contributed by atoms with van der Waals surface area (Å²) in [6, 6.07) is 20.9. The summed E-state index contributed by atoms with van der Waals surface area (Å²) >= 11 is 0. The summed E-state index contributed by atoms with van der Waals surface area (Å²) in [5.74, 6) is 0. The molecule has 0 spiro atoms. The molecule has 0 radical (unpaired) electrons. The van der Waals surface area contributed by atoms with Gasteiger partial charge in [0.05, 0.1) is 5.52 Å². The maximum atomic E-state index is 6.06. The summed E-state index contributed by atoms with van der Waals surface area (Å²) in [4.78, 5) is 3.49. The summed E-state index contributed by atoms with van der Waals surface area (Å²) in [5.41, 5.74) is 4.11. The Hall–Kier alpha value is -2.74. The van der Waals surface area contributed by atoms with E-state index in [9.17, 15) is 0 Å². The highest BCUT2D eigenvalue weighted by Gasteiger charge is 2.12. The van der Waals surface area contributed by atoms with Gasteiger partial charge in [0.1, 0.15) is 5.58 Å². The van der Waals surface area contributed by atoms with E-state index in [0.29, 0.717) is 0 Å². The van der Waals surface area contributed by atoms with Crippen LogP contribution in [-0.2, 0) is 0 Å². The number of benzene rings is 3. The van der Waals surface area contributed by atoms with Crippen molar-refractivity contribution < 1.29 is 4.42 Å². The van der Waals surface area contributed by atoms with Gasteiger partial charge in [-0.1, -0.05) is 56.3 Å². The minimum Gasteiger partial charge on any atom is -0.454 e. The fourth-order valence-corrected chi connectivity index (χ4v) is 3.10. The van der Waals surface area contributed by atoms with Crippen molar-refractivity contribution in [3.05, 3.63) is 60.7 Å². The Labute approximate surface area is 128 Å². The smallest absolute Gasteiger partial charge is 0.159 e. The van der Waals surface area contributed by atoms with Gasteiger partial charge in [-0.25, -0.2) is 0 Å². The molecule has 2 heterocycles. The molecule has 0 aliphatic rings. The SMILES string of the molecule is CC.c1ccc2c(c1)[nH]c1c2ccc2c3ccccc3oc21. The number of fused-ring (bicyclic) bond motifs is 7. The Kier molecular flexibility index (Phi) is 2.90. The maximum Gasteiger partial charge on any atom is 0.159 e. The number of hydrogen-bond donors (Lipinski definition) is 1. The van der Waals surface area contributed by atoms with Crippen LogP contribution >= 0.6 is 0 Å². The molecule has 5 rings (SSSR count). The Morgan fingerprint density at radius 3 is 2.23 bits per heavy atom. The minimum absolute atomic E-state index is 0.939. The van der Waals surface area contributed by atoms with Gasteiger partial charge in [0.2, 0.25) is 0 Å². The standard InChI is InChI=1S/C18H11NO.C2H6/c1-3-7-15-11(5-1)13-9-10-14-12-6-2-4-8-16(12)20-18(14)17(13)19-15;1-2/h1-10,19H;1-2H3. The van der Waals surface area contributed by atoms with E-state index in [1.54, 1.807) is 0 Å². The average molecular weight is 287 g/mol. The van der Waals surface area contributed by atoms with E-state index in [0.717, 1.165) is 22.2 Å². The molecule has 0 unspecified atom stereocenters. The third kappa shape index (κ3) is 1.67. The van der Waals surface area contributed by atoms with E-state index in [2.05, 4.69) is 41.4 Å². The molecule has 5 aromatic rings. The summed E-state index contributed by atoms with van der Waals surface area (Å²) in [6.07, 6.45) is 0. The summed E-state index contributed by atoms with van der Waals surface area (Å²) in [7, 11) is 0. The lowest BCUT2D eigenvalue weighted by Crippen LogP contribution is -1.69. The Bertz CT molecular complexity index is 1010. The van der Waals surface area contributed by atoms with Crippen LogP contribution in [0.2, 0.25) is 0 Å². The molecule has 0 aliphatic heterocycles. The molecule has 0 saturated carbocycles. The lowest BCUT2D eigenvalue weighted by atomic mass is 10.1. The van der Waals surface area contributed by atoms with Crippen LogP contribution in [0.25, 0.3) is 43.7 Å². The second kappa shape index (κ2) is 4.92. The van der Waals surface area contributed by atoms with E-state index in [1.165, 1.54) is 21.5 Å². The van der Waals surface area contributed by atoms with Gasteiger partial charge in [0.15, 0.2) is 5.58 Å². The third-order valence-corrected chi connectivity index (χ3v) is 4.02.